The maximum absolute atomic E-state index is 13.5. The minimum absolute atomic E-state index is 0.0364. The van der Waals surface area contributed by atoms with Crippen LogP contribution in [0.4, 0.5) is 15.9 Å². The molecule has 62 heavy (non-hydrogen) atoms. The number of hydrogen-bond donors (Lipinski definition) is 6. The predicted molar refractivity (Wildman–Crippen MR) is 227 cm³/mol. The van der Waals surface area contributed by atoms with Gasteiger partial charge in [-0.25, -0.2) is 19.2 Å². The highest BCUT2D eigenvalue weighted by atomic mass is 35.5. The normalized spacial score (nSPS) is 32.7. The molecule has 15 nitrogen and oxygen atoms in total. The third kappa shape index (κ3) is 8.52. The number of aliphatic hydroxyl groups excluding tert-OH is 1. The molecule has 338 valence electrons. The molecule has 8 atom stereocenters. The first-order chi connectivity index (χ1) is 29.8. The highest BCUT2D eigenvalue weighted by Gasteiger charge is 2.71. The number of carbonyl (C=O) groups excluding carboxylic acids is 2. The Morgan fingerprint density at radius 2 is 1.79 bits per heavy atom. The minimum Gasteiger partial charge on any atom is -0.493 e. The lowest BCUT2D eigenvalue weighted by Crippen LogP contribution is -2.68. The van der Waals surface area contributed by atoms with Crippen LogP contribution in [0.2, 0.25) is 5.02 Å². The molecule has 6 N–H and O–H groups in total. The number of halogens is 2. The zero-order valence-corrected chi connectivity index (χ0v) is 36.0. The third-order valence-corrected chi connectivity index (χ3v) is 15.2. The summed E-state index contributed by atoms with van der Waals surface area (Å²) in [5.74, 6) is 1.01. The first-order valence-electron chi connectivity index (χ1n) is 21.5. The lowest BCUT2D eigenvalue weighted by atomic mass is 9.41. The van der Waals surface area contributed by atoms with Crippen LogP contribution in [0.5, 0.6) is 11.5 Å². The van der Waals surface area contributed by atoms with Gasteiger partial charge in [-0.1, -0.05) is 18.5 Å². The largest absolute Gasteiger partial charge is 0.493 e. The van der Waals surface area contributed by atoms with Crippen molar-refractivity contribution in [3.8, 4) is 11.5 Å². The van der Waals surface area contributed by atoms with E-state index in [1.165, 1.54) is 18.5 Å². The number of aldehydes is 1. The fourth-order valence-corrected chi connectivity index (χ4v) is 12.0. The fourth-order valence-electron chi connectivity index (χ4n) is 11.8. The molecule has 4 aliphatic carbocycles. The van der Waals surface area contributed by atoms with Crippen molar-refractivity contribution in [1.82, 2.24) is 14.9 Å². The number of nitrogens with one attached hydrogen (secondary N) is 1. The van der Waals surface area contributed by atoms with Crippen molar-refractivity contribution >= 4 is 46.3 Å². The molecule has 1 aromatic heterocycles. The number of hydrogen-bond acceptors (Lipinski definition) is 15. The van der Waals surface area contributed by atoms with Crippen molar-refractivity contribution < 1.29 is 58.8 Å². The summed E-state index contributed by atoms with van der Waals surface area (Å²) in [4.78, 5) is 35.2. The molecule has 1 saturated heterocycles. The van der Waals surface area contributed by atoms with E-state index < -0.39 is 28.5 Å². The average Bonchev–Trinajstić information content (AvgIpc) is 3.83. The van der Waals surface area contributed by atoms with Crippen LogP contribution in [0.3, 0.4) is 0 Å². The second-order valence-corrected chi connectivity index (χ2v) is 18.2. The van der Waals surface area contributed by atoms with Crippen LogP contribution < -0.4 is 14.8 Å². The van der Waals surface area contributed by atoms with Gasteiger partial charge in [0, 0.05) is 54.7 Å². The molecule has 0 unspecified atom stereocenters. The van der Waals surface area contributed by atoms with Crippen LogP contribution in [0.1, 0.15) is 71.1 Å². The number of nitrogens with zero attached hydrogens (tertiary/aromatic N) is 3. The second kappa shape index (κ2) is 19.0. The summed E-state index contributed by atoms with van der Waals surface area (Å²) in [5.41, 5.74) is -1.02. The van der Waals surface area contributed by atoms with E-state index in [-0.39, 0.29) is 40.6 Å². The third-order valence-electron chi connectivity index (χ3n) is 14.9. The number of esters is 1. The molecule has 0 radical (unpaired) electrons. The Labute approximate surface area is 365 Å². The molecule has 5 fully saturated rings. The molecule has 0 amide bonds. The molecule has 0 bridgehead atoms. The molecular weight excluding hydrogens is 827 g/mol. The lowest BCUT2D eigenvalue weighted by Gasteiger charge is -2.65. The van der Waals surface area contributed by atoms with Gasteiger partial charge in [0.05, 0.1) is 60.2 Å². The molecular formula is C45H58ClFN4O11. The Hall–Kier alpha value is -4.00. The van der Waals surface area contributed by atoms with Crippen LogP contribution >= 0.6 is 11.6 Å². The highest BCUT2D eigenvalue weighted by Crippen LogP contribution is 2.70. The average molecular weight is 885 g/mol. The summed E-state index contributed by atoms with van der Waals surface area (Å²) < 4.78 is 35.5. The smallest absolute Gasteiger partial charge is 0.331 e. The summed E-state index contributed by atoms with van der Waals surface area (Å²) >= 11 is 5.90. The van der Waals surface area contributed by atoms with E-state index in [9.17, 15) is 29.3 Å². The van der Waals surface area contributed by atoms with Crippen LogP contribution in [-0.2, 0) is 19.1 Å². The molecule has 0 spiro atoms. The van der Waals surface area contributed by atoms with Gasteiger partial charge in [-0.15, -0.1) is 0 Å². The Morgan fingerprint density at radius 3 is 2.50 bits per heavy atom. The van der Waals surface area contributed by atoms with Gasteiger partial charge in [0.1, 0.15) is 30.9 Å². The second-order valence-electron chi connectivity index (χ2n) is 17.8. The number of fused-ring (bicyclic) bond motifs is 6. The Kier molecular flexibility index (Phi) is 14.1. The SMILES string of the molecule is COc1cc2ncnc(Nc3ccc(F)c(Cl)c3)c2cc1OCCCN1CCOCC1.C[C@]12CC[C@H]3[C@@H](CC[C@]4(O)C[C@@H](O)CC[C@]34C=O)[C@@]1(O)CC[C@@H]2C1=CC(=O)OC1.OO. The van der Waals surface area contributed by atoms with E-state index in [0.717, 1.165) is 75.8 Å². The maximum atomic E-state index is 13.5. The number of aromatic nitrogens is 2. The quantitative estimate of drug-likeness (QED) is 0.0441. The summed E-state index contributed by atoms with van der Waals surface area (Å²) in [6, 6.07) is 8.09. The van der Waals surface area contributed by atoms with Gasteiger partial charge in [0.15, 0.2) is 11.5 Å². The summed E-state index contributed by atoms with van der Waals surface area (Å²) in [6.45, 7) is 7.47. The Morgan fingerprint density at radius 1 is 1.02 bits per heavy atom. The minimum atomic E-state index is -1.18. The van der Waals surface area contributed by atoms with Crippen molar-refractivity contribution in [1.29, 1.82) is 0 Å². The van der Waals surface area contributed by atoms with Gasteiger partial charge in [0.25, 0.3) is 0 Å². The highest BCUT2D eigenvalue weighted by molar-refractivity contribution is 6.31. The Bertz CT molecular complexity index is 2130. The van der Waals surface area contributed by atoms with E-state index >= 15 is 0 Å². The van der Waals surface area contributed by atoms with Gasteiger partial charge >= 0.3 is 5.97 Å². The number of morpholine rings is 1. The molecule has 9 rings (SSSR count). The van der Waals surface area contributed by atoms with E-state index in [4.69, 9.17) is 41.1 Å². The zero-order valence-electron chi connectivity index (χ0n) is 35.2. The van der Waals surface area contributed by atoms with Crippen LogP contribution in [0.25, 0.3) is 10.9 Å². The number of aliphatic hydroxyl groups is 3. The van der Waals surface area contributed by atoms with Gasteiger partial charge in [-0.05, 0) is 105 Å². The lowest BCUT2D eigenvalue weighted by molar-refractivity contribution is -0.248. The molecule has 3 aromatic rings. The molecule has 6 aliphatic rings. The number of anilines is 2. The van der Waals surface area contributed by atoms with Gasteiger partial charge < -0.3 is 44.4 Å². The number of carbonyl (C=O) groups is 2. The summed E-state index contributed by atoms with van der Waals surface area (Å²) in [7, 11) is 1.60. The number of methoxy groups -OCH3 is 1. The van der Waals surface area contributed by atoms with Gasteiger partial charge in [-0.3, -0.25) is 15.4 Å². The number of ether oxygens (including phenoxy) is 4. The topological polar surface area (TPSA) is 213 Å². The van der Waals surface area contributed by atoms with Crippen molar-refractivity contribution in [2.45, 2.75) is 88.4 Å². The molecule has 3 heterocycles. The van der Waals surface area contributed by atoms with Crippen molar-refractivity contribution in [2.75, 3.05) is 58.5 Å². The Balaban J connectivity index is 0.000000180. The van der Waals surface area contributed by atoms with Crippen molar-refractivity contribution in [2.24, 2.45) is 28.6 Å². The first-order valence-corrected chi connectivity index (χ1v) is 21.8. The molecule has 4 saturated carbocycles. The number of rotatable bonds is 10. The molecule has 2 aliphatic heterocycles. The number of cyclic esters (lactones) is 1. The summed E-state index contributed by atoms with van der Waals surface area (Å²) in [6.07, 6.45) is 9.71. The molecule has 17 heteroatoms. The van der Waals surface area contributed by atoms with Crippen LogP contribution in [0, 0.1) is 34.4 Å². The summed E-state index contributed by atoms with van der Waals surface area (Å²) in [5, 5.41) is 49.7. The van der Waals surface area contributed by atoms with E-state index in [0.29, 0.717) is 73.8 Å². The van der Waals surface area contributed by atoms with Gasteiger partial charge in [-0.2, -0.15) is 0 Å². The van der Waals surface area contributed by atoms with E-state index in [1.807, 2.05) is 12.1 Å². The number of benzene rings is 2. The zero-order chi connectivity index (χ0) is 44.3. The maximum Gasteiger partial charge on any atom is 0.331 e. The van der Waals surface area contributed by atoms with Crippen LogP contribution in [-0.4, -0.2) is 123 Å². The van der Waals surface area contributed by atoms with E-state index in [1.54, 1.807) is 19.3 Å². The fraction of sp³-hybridized carbons (Fsp3) is 0.600. The van der Waals surface area contributed by atoms with E-state index in [2.05, 4.69) is 27.1 Å². The van der Waals surface area contributed by atoms with Gasteiger partial charge in [0.2, 0.25) is 0 Å². The monoisotopic (exact) mass is 884 g/mol. The predicted octanol–water partition coefficient (Wildman–Crippen LogP) is 6.19. The van der Waals surface area contributed by atoms with Crippen molar-refractivity contribution in [3.63, 3.8) is 0 Å². The first kappa shape index (κ1) is 46.0. The van der Waals surface area contributed by atoms with Crippen LogP contribution in [0.15, 0.2) is 48.3 Å². The van der Waals surface area contributed by atoms with Crippen molar-refractivity contribution in [3.05, 3.63) is 59.1 Å². The standard InChI is InChI=1S/C23H32O6.C22H24ClFN4O3.H2O2/c1-20-6-3-17-18(4-8-22(27)11-15(25)2-7-21(17,22)13-24)23(20,28)9-5-16(20)14-10-19(26)29-12-14;1-29-20-13-19-16(12-21(20)31-8-2-5-28-6-9-30-10-7-28)22(26-14-25-19)27-15-3-4-18(24)17(23)11-15;1-2/h10,13,15-18,25,27-28H,2-9,11-12H2,1H3;3-4,11-14H,2,5-10H2,1H3,(H,25,26,27);1-2H/t15-,16+,17-,18+,20+,21-,22-,23-;;/m0../s1. The molecule has 2 aromatic carbocycles.